The molecule has 1 rings (SSSR count). The van der Waals surface area contributed by atoms with Crippen molar-refractivity contribution in [3.8, 4) is 0 Å². The van der Waals surface area contributed by atoms with Crippen molar-refractivity contribution in [2.24, 2.45) is 0 Å². The van der Waals surface area contributed by atoms with Crippen LogP contribution in [0.5, 0.6) is 0 Å². The molecule has 0 aromatic rings. The van der Waals surface area contributed by atoms with Crippen molar-refractivity contribution in [3.63, 3.8) is 0 Å². The molecule has 0 radical (unpaired) electrons. The Hall–Kier alpha value is -0.770. The Morgan fingerprint density at radius 2 is 2.11 bits per heavy atom. The largest absolute Gasteiger partial charge is 0.444 e. The van der Waals surface area contributed by atoms with E-state index >= 15 is 0 Å². The summed E-state index contributed by atoms with van der Waals surface area (Å²) in [7, 11) is 0. The van der Waals surface area contributed by atoms with E-state index in [2.05, 4.69) is 12.2 Å². The summed E-state index contributed by atoms with van der Waals surface area (Å²) in [5.41, 5.74) is -0.407. The van der Waals surface area contributed by atoms with E-state index in [9.17, 15) is 4.79 Å². The highest BCUT2D eigenvalue weighted by molar-refractivity contribution is 5.68. The van der Waals surface area contributed by atoms with Crippen molar-refractivity contribution in [1.82, 2.24) is 10.2 Å². The average molecular weight is 256 g/mol. The summed E-state index contributed by atoms with van der Waals surface area (Å²) in [6.45, 7) is 10.5. The molecule has 0 aromatic carbocycles. The number of amides is 1. The molecule has 106 valence electrons. The fourth-order valence-corrected chi connectivity index (χ4v) is 2.21. The fraction of sp³-hybridized carbons (Fsp3) is 0.929. The normalized spacial score (nSPS) is 20.9. The Labute approximate surface area is 111 Å². The number of rotatable bonds is 4. The lowest BCUT2D eigenvalue weighted by molar-refractivity contribution is 0.0109. The van der Waals surface area contributed by atoms with E-state index in [-0.39, 0.29) is 6.09 Å². The average Bonchev–Trinajstić information content (AvgIpc) is 2.27. The van der Waals surface area contributed by atoms with Crippen LogP contribution in [-0.2, 0) is 4.74 Å². The number of ether oxygens (including phenoxy) is 1. The maximum atomic E-state index is 12.1. The van der Waals surface area contributed by atoms with E-state index in [1.165, 1.54) is 19.3 Å². The van der Waals surface area contributed by atoms with Gasteiger partial charge in [-0.1, -0.05) is 26.2 Å². The number of carbonyl (C=O) groups is 1. The van der Waals surface area contributed by atoms with Gasteiger partial charge >= 0.3 is 6.09 Å². The summed E-state index contributed by atoms with van der Waals surface area (Å²) < 4.78 is 5.47. The van der Waals surface area contributed by atoms with Gasteiger partial charge < -0.3 is 15.0 Å². The smallest absolute Gasteiger partial charge is 0.410 e. The van der Waals surface area contributed by atoms with Crippen molar-refractivity contribution >= 4 is 6.09 Å². The molecule has 1 N–H and O–H groups in total. The molecule has 0 aromatic heterocycles. The topological polar surface area (TPSA) is 41.6 Å². The van der Waals surface area contributed by atoms with Crippen molar-refractivity contribution in [2.45, 2.75) is 65.0 Å². The Morgan fingerprint density at radius 1 is 1.39 bits per heavy atom. The van der Waals surface area contributed by atoms with Gasteiger partial charge in [0.15, 0.2) is 0 Å². The Kier molecular flexibility index (Phi) is 5.93. The number of piperazine rings is 1. The summed E-state index contributed by atoms with van der Waals surface area (Å²) >= 11 is 0. The highest BCUT2D eigenvalue weighted by Gasteiger charge is 2.29. The molecule has 1 fully saturated rings. The zero-order chi connectivity index (χ0) is 13.6. The van der Waals surface area contributed by atoms with E-state index in [4.69, 9.17) is 4.74 Å². The fourth-order valence-electron chi connectivity index (χ4n) is 2.21. The minimum atomic E-state index is -0.407. The van der Waals surface area contributed by atoms with E-state index in [0.717, 1.165) is 26.1 Å². The van der Waals surface area contributed by atoms with Crippen LogP contribution in [0, 0.1) is 0 Å². The molecular weight excluding hydrogens is 228 g/mol. The monoisotopic (exact) mass is 256 g/mol. The quantitative estimate of drug-likeness (QED) is 0.786. The summed E-state index contributed by atoms with van der Waals surface area (Å²) in [4.78, 5) is 14.0. The van der Waals surface area contributed by atoms with Crippen LogP contribution in [-0.4, -0.2) is 42.3 Å². The van der Waals surface area contributed by atoms with Crippen LogP contribution >= 0.6 is 0 Å². The van der Waals surface area contributed by atoms with Gasteiger partial charge in [-0.15, -0.1) is 0 Å². The molecule has 18 heavy (non-hydrogen) atoms. The van der Waals surface area contributed by atoms with Crippen molar-refractivity contribution in [2.75, 3.05) is 19.6 Å². The molecule has 0 aliphatic carbocycles. The molecule has 1 saturated heterocycles. The van der Waals surface area contributed by atoms with Crippen LogP contribution in [0.3, 0.4) is 0 Å². The van der Waals surface area contributed by atoms with Gasteiger partial charge in [-0.3, -0.25) is 0 Å². The van der Waals surface area contributed by atoms with E-state index in [1.807, 2.05) is 25.7 Å². The second-order valence-corrected chi connectivity index (χ2v) is 6.03. The highest BCUT2D eigenvalue weighted by atomic mass is 16.6. The van der Waals surface area contributed by atoms with E-state index in [0.29, 0.717) is 6.04 Å². The van der Waals surface area contributed by atoms with Gasteiger partial charge in [0, 0.05) is 25.7 Å². The standard InChI is InChI=1S/C14H28N2O2/c1-5-6-7-8-12-11-15-9-10-16(12)13(17)18-14(2,3)4/h12,15H,5-11H2,1-4H3. The number of hydrogen-bond acceptors (Lipinski definition) is 3. The third-order valence-electron chi connectivity index (χ3n) is 3.12. The molecule has 0 bridgehead atoms. The second kappa shape index (κ2) is 6.98. The zero-order valence-electron chi connectivity index (χ0n) is 12.3. The zero-order valence-corrected chi connectivity index (χ0v) is 12.3. The van der Waals surface area contributed by atoms with Gasteiger partial charge in [0.05, 0.1) is 0 Å². The maximum Gasteiger partial charge on any atom is 0.410 e. The van der Waals surface area contributed by atoms with Gasteiger partial charge in [0.2, 0.25) is 0 Å². The van der Waals surface area contributed by atoms with Crippen LogP contribution in [0.2, 0.25) is 0 Å². The molecule has 1 atom stereocenters. The molecular formula is C14H28N2O2. The molecule has 4 nitrogen and oxygen atoms in total. The molecule has 1 heterocycles. The van der Waals surface area contributed by atoms with Crippen molar-refractivity contribution < 1.29 is 9.53 Å². The summed E-state index contributed by atoms with van der Waals surface area (Å²) in [6.07, 6.45) is 4.54. The lowest BCUT2D eigenvalue weighted by atomic mass is 10.1. The van der Waals surface area contributed by atoms with Crippen LogP contribution in [0.15, 0.2) is 0 Å². The number of unbranched alkanes of at least 4 members (excludes halogenated alkanes) is 2. The van der Waals surface area contributed by atoms with Gasteiger partial charge in [0.25, 0.3) is 0 Å². The van der Waals surface area contributed by atoms with Crippen LogP contribution in [0.25, 0.3) is 0 Å². The van der Waals surface area contributed by atoms with Gasteiger partial charge in [-0.25, -0.2) is 4.79 Å². The van der Waals surface area contributed by atoms with Gasteiger partial charge in [-0.05, 0) is 27.2 Å². The lowest BCUT2D eigenvalue weighted by Gasteiger charge is -2.37. The molecule has 1 aliphatic rings. The van der Waals surface area contributed by atoms with Crippen molar-refractivity contribution in [3.05, 3.63) is 0 Å². The number of carbonyl (C=O) groups excluding carboxylic acids is 1. The van der Waals surface area contributed by atoms with Gasteiger partial charge in [0.1, 0.15) is 5.60 Å². The first-order chi connectivity index (χ1) is 8.44. The van der Waals surface area contributed by atoms with E-state index in [1.54, 1.807) is 0 Å². The molecule has 1 unspecified atom stereocenters. The maximum absolute atomic E-state index is 12.1. The van der Waals surface area contributed by atoms with E-state index < -0.39 is 5.60 Å². The predicted molar refractivity (Wildman–Crippen MR) is 73.7 cm³/mol. The first kappa shape index (κ1) is 15.3. The molecule has 0 spiro atoms. The predicted octanol–water partition coefficient (Wildman–Crippen LogP) is 2.78. The number of nitrogens with zero attached hydrogens (tertiary/aromatic N) is 1. The van der Waals surface area contributed by atoms with Crippen LogP contribution in [0.4, 0.5) is 4.79 Å². The summed E-state index contributed by atoms with van der Waals surface area (Å²) in [6, 6.07) is 0.292. The third kappa shape index (κ3) is 5.25. The second-order valence-electron chi connectivity index (χ2n) is 6.03. The first-order valence-corrected chi connectivity index (χ1v) is 7.14. The molecule has 0 saturated carbocycles. The lowest BCUT2D eigenvalue weighted by Crippen LogP contribution is -2.54. The SMILES string of the molecule is CCCCCC1CNCCN1C(=O)OC(C)(C)C. The van der Waals surface area contributed by atoms with Gasteiger partial charge in [-0.2, -0.15) is 0 Å². The Bertz CT molecular complexity index is 261. The number of hydrogen-bond donors (Lipinski definition) is 1. The Morgan fingerprint density at radius 3 is 2.72 bits per heavy atom. The van der Waals surface area contributed by atoms with Crippen molar-refractivity contribution in [1.29, 1.82) is 0 Å². The van der Waals surface area contributed by atoms with Crippen LogP contribution < -0.4 is 5.32 Å². The molecule has 1 amide bonds. The molecule has 1 aliphatic heterocycles. The minimum Gasteiger partial charge on any atom is -0.444 e. The minimum absolute atomic E-state index is 0.162. The summed E-state index contributed by atoms with van der Waals surface area (Å²) in [5.74, 6) is 0. The Balaban J connectivity index is 2.50. The van der Waals surface area contributed by atoms with Crippen LogP contribution in [0.1, 0.15) is 53.4 Å². The summed E-state index contributed by atoms with van der Waals surface area (Å²) in [5, 5.41) is 3.36. The first-order valence-electron chi connectivity index (χ1n) is 7.14. The molecule has 4 heteroatoms. The third-order valence-corrected chi connectivity index (χ3v) is 3.12. The highest BCUT2D eigenvalue weighted by Crippen LogP contribution is 2.16. The number of nitrogens with one attached hydrogen (secondary N) is 1.